The fraction of sp³-hybridized carbons (Fsp3) is 0.400. The molecule has 1 unspecified atom stereocenters. The highest BCUT2D eigenvalue weighted by atomic mass is 16.2. The van der Waals surface area contributed by atoms with Crippen LogP contribution in [0, 0.1) is 0 Å². The average molecular weight is 364 g/mol. The second-order valence-electron chi connectivity index (χ2n) is 7.64. The van der Waals surface area contributed by atoms with Crippen molar-refractivity contribution in [1.29, 1.82) is 0 Å². The van der Waals surface area contributed by atoms with Crippen molar-refractivity contribution in [2.75, 3.05) is 0 Å². The Morgan fingerprint density at radius 1 is 1.15 bits per heavy atom. The predicted octanol–water partition coefficient (Wildman–Crippen LogP) is 1.73. The third-order valence-electron chi connectivity index (χ3n) is 5.67. The molecule has 1 aromatic carbocycles. The zero-order valence-electron chi connectivity index (χ0n) is 15.1. The van der Waals surface area contributed by atoms with E-state index in [4.69, 9.17) is 4.98 Å². The molecule has 2 aromatic rings. The van der Waals surface area contributed by atoms with Crippen molar-refractivity contribution in [2.45, 2.75) is 44.2 Å². The molecule has 0 bridgehead atoms. The maximum Gasteiger partial charge on any atom is 0.255 e. The van der Waals surface area contributed by atoms with Gasteiger partial charge in [-0.25, -0.2) is 4.98 Å². The number of rotatable bonds is 3. The van der Waals surface area contributed by atoms with Gasteiger partial charge in [0, 0.05) is 43.3 Å². The van der Waals surface area contributed by atoms with Crippen LogP contribution < -0.4 is 5.32 Å². The summed E-state index contributed by atoms with van der Waals surface area (Å²) < 4.78 is 2.08. The lowest BCUT2D eigenvalue weighted by Gasteiger charge is -2.29. The Balaban J connectivity index is 1.43. The highest BCUT2D eigenvalue weighted by Crippen LogP contribution is 2.40. The number of fused-ring (bicyclic) bond motifs is 1. The number of hydrogen-bond acceptors (Lipinski definition) is 4. The summed E-state index contributed by atoms with van der Waals surface area (Å²) in [6.07, 6.45) is 5.07. The van der Waals surface area contributed by atoms with Gasteiger partial charge in [0.2, 0.25) is 11.8 Å². The van der Waals surface area contributed by atoms with Gasteiger partial charge in [0.15, 0.2) is 0 Å². The Kier molecular flexibility index (Phi) is 3.47. The van der Waals surface area contributed by atoms with Gasteiger partial charge in [-0.15, -0.1) is 0 Å². The zero-order valence-corrected chi connectivity index (χ0v) is 15.1. The topological polar surface area (TPSA) is 84.3 Å². The van der Waals surface area contributed by atoms with Gasteiger partial charge in [-0.2, -0.15) is 0 Å². The van der Waals surface area contributed by atoms with Gasteiger partial charge in [0.1, 0.15) is 11.9 Å². The SMILES string of the molecule is Cn1cc(-c2ccc3c(c2)CN(C2CCC(=O)NC2=O)C3=O)nc1C1CC1. The first-order valence-electron chi connectivity index (χ1n) is 9.32. The molecule has 3 aliphatic rings. The summed E-state index contributed by atoms with van der Waals surface area (Å²) in [7, 11) is 2.02. The molecule has 138 valence electrons. The van der Waals surface area contributed by atoms with Crippen molar-refractivity contribution in [3.63, 3.8) is 0 Å². The van der Waals surface area contributed by atoms with Crippen LogP contribution in [0.3, 0.4) is 0 Å². The molecule has 3 heterocycles. The molecule has 1 atom stereocenters. The van der Waals surface area contributed by atoms with E-state index in [1.54, 1.807) is 4.90 Å². The van der Waals surface area contributed by atoms with Crippen LogP contribution in [0.15, 0.2) is 24.4 Å². The summed E-state index contributed by atoms with van der Waals surface area (Å²) >= 11 is 0. The van der Waals surface area contributed by atoms with Crippen LogP contribution >= 0.6 is 0 Å². The second-order valence-corrected chi connectivity index (χ2v) is 7.64. The number of benzene rings is 1. The first kappa shape index (κ1) is 16.2. The number of imide groups is 1. The van der Waals surface area contributed by atoms with E-state index < -0.39 is 6.04 Å². The van der Waals surface area contributed by atoms with Crippen LogP contribution in [0.25, 0.3) is 11.3 Å². The molecule has 27 heavy (non-hydrogen) atoms. The minimum absolute atomic E-state index is 0.147. The number of hydrogen-bond donors (Lipinski definition) is 1. The number of carbonyl (C=O) groups excluding carboxylic acids is 3. The predicted molar refractivity (Wildman–Crippen MR) is 96.7 cm³/mol. The lowest BCUT2D eigenvalue weighted by molar-refractivity contribution is -0.136. The normalized spacial score (nSPS) is 22.2. The first-order valence-corrected chi connectivity index (χ1v) is 9.32. The number of nitrogens with zero attached hydrogens (tertiary/aromatic N) is 3. The minimum atomic E-state index is -0.581. The summed E-state index contributed by atoms with van der Waals surface area (Å²) in [6.45, 7) is 0.386. The van der Waals surface area contributed by atoms with Crippen molar-refractivity contribution in [1.82, 2.24) is 19.8 Å². The second kappa shape index (κ2) is 5.77. The number of piperidine rings is 1. The summed E-state index contributed by atoms with van der Waals surface area (Å²) in [5.74, 6) is 0.885. The molecule has 1 N–H and O–H groups in total. The minimum Gasteiger partial charge on any atom is -0.337 e. The van der Waals surface area contributed by atoms with Crippen LogP contribution in [0.1, 0.15) is 53.3 Å². The molecule has 3 amide bonds. The van der Waals surface area contributed by atoms with Crippen LogP contribution in [0.5, 0.6) is 0 Å². The van der Waals surface area contributed by atoms with E-state index in [1.165, 1.54) is 12.8 Å². The summed E-state index contributed by atoms with van der Waals surface area (Å²) in [5, 5.41) is 2.33. The first-order chi connectivity index (χ1) is 13.0. The largest absolute Gasteiger partial charge is 0.337 e. The standard InChI is InChI=1S/C20H20N4O3/c1-23-10-15(21-18(23)11-2-3-11)12-4-5-14-13(8-12)9-24(20(14)27)16-6-7-17(25)22-19(16)26/h4-5,8,10-11,16H,2-3,6-7,9H2,1H3,(H,22,25,26). The van der Waals surface area contributed by atoms with Gasteiger partial charge in [-0.3, -0.25) is 19.7 Å². The van der Waals surface area contributed by atoms with Crippen LogP contribution in [-0.4, -0.2) is 38.2 Å². The fourth-order valence-electron chi connectivity index (χ4n) is 4.07. The van der Waals surface area contributed by atoms with Gasteiger partial charge in [0.05, 0.1) is 5.69 Å². The molecule has 1 aromatic heterocycles. The highest BCUT2D eigenvalue weighted by Gasteiger charge is 2.39. The molecule has 5 rings (SSSR count). The van der Waals surface area contributed by atoms with E-state index in [2.05, 4.69) is 9.88 Å². The zero-order chi connectivity index (χ0) is 18.7. The summed E-state index contributed by atoms with van der Waals surface area (Å²) in [5.41, 5.74) is 3.42. The quantitative estimate of drug-likeness (QED) is 0.841. The molecular formula is C20H20N4O3. The van der Waals surface area contributed by atoms with Crippen molar-refractivity contribution in [3.05, 3.63) is 41.3 Å². The monoisotopic (exact) mass is 364 g/mol. The van der Waals surface area contributed by atoms with E-state index in [0.717, 1.165) is 22.6 Å². The molecule has 1 saturated heterocycles. The van der Waals surface area contributed by atoms with E-state index >= 15 is 0 Å². The van der Waals surface area contributed by atoms with Gasteiger partial charge < -0.3 is 9.47 Å². The molecule has 2 aliphatic heterocycles. The molecular weight excluding hydrogens is 344 g/mol. The average Bonchev–Trinajstić information content (AvgIpc) is 3.33. The molecule has 1 saturated carbocycles. The number of nitrogens with one attached hydrogen (secondary N) is 1. The third kappa shape index (κ3) is 2.65. The Hall–Kier alpha value is -2.96. The van der Waals surface area contributed by atoms with Crippen LogP contribution in [0.2, 0.25) is 0 Å². The number of carbonyl (C=O) groups is 3. The Labute approximate surface area is 156 Å². The van der Waals surface area contributed by atoms with Crippen molar-refractivity contribution in [2.24, 2.45) is 7.05 Å². The summed E-state index contributed by atoms with van der Waals surface area (Å²) in [6, 6.07) is 5.16. The van der Waals surface area contributed by atoms with E-state index in [0.29, 0.717) is 24.4 Å². The third-order valence-corrected chi connectivity index (χ3v) is 5.67. The maximum atomic E-state index is 12.8. The van der Waals surface area contributed by atoms with E-state index in [-0.39, 0.29) is 24.1 Å². The maximum absolute atomic E-state index is 12.8. The molecule has 0 spiro atoms. The van der Waals surface area contributed by atoms with Gasteiger partial charge >= 0.3 is 0 Å². The Bertz CT molecular complexity index is 989. The number of imidazole rings is 1. The number of amides is 3. The fourth-order valence-corrected chi connectivity index (χ4v) is 4.07. The van der Waals surface area contributed by atoms with Crippen molar-refractivity contribution >= 4 is 17.7 Å². The lowest BCUT2D eigenvalue weighted by atomic mass is 10.0. The van der Waals surface area contributed by atoms with Gasteiger partial charge in [-0.1, -0.05) is 6.07 Å². The van der Waals surface area contributed by atoms with E-state index in [9.17, 15) is 14.4 Å². The molecule has 2 fully saturated rings. The van der Waals surface area contributed by atoms with E-state index in [1.807, 2.05) is 31.4 Å². The lowest BCUT2D eigenvalue weighted by Crippen LogP contribution is -2.52. The Morgan fingerprint density at radius 3 is 2.70 bits per heavy atom. The molecule has 7 nitrogen and oxygen atoms in total. The number of aromatic nitrogens is 2. The van der Waals surface area contributed by atoms with Crippen LogP contribution in [0.4, 0.5) is 0 Å². The van der Waals surface area contributed by atoms with Gasteiger partial charge in [-0.05, 0) is 37.0 Å². The van der Waals surface area contributed by atoms with Crippen LogP contribution in [-0.2, 0) is 23.2 Å². The molecule has 0 radical (unpaired) electrons. The smallest absolute Gasteiger partial charge is 0.255 e. The summed E-state index contributed by atoms with van der Waals surface area (Å²) in [4.78, 5) is 42.6. The molecule has 7 heteroatoms. The van der Waals surface area contributed by atoms with Gasteiger partial charge in [0.25, 0.3) is 5.91 Å². The van der Waals surface area contributed by atoms with Crippen molar-refractivity contribution < 1.29 is 14.4 Å². The number of aryl methyl sites for hydroxylation is 1. The highest BCUT2D eigenvalue weighted by molar-refractivity contribution is 6.05. The van der Waals surface area contributed by atoms with Crippen molar-refractivity contribution in [3.8, 4) is 11.3 Å². The molecule has 1 aliphatic carbocycles. The Morgan fingerprint density at radius 2 is 1.96 bits per heavy atom.